The van der Waals surface area contributed by atoms with E-state index in [9.17, 15) is 4.79 Å². The number of nitrogen functional groups attached to an aromatic ring is 1. The van der Waals surface area contributed by atoms with Gasteiger partial charge >= 0.3 is 0 Å². The van der Waals surface area contributed by atoms with Crippen LogP contribution in [0.1, 0.15) is 32.3 Å². The van der Waals surface area contributed by atoms with Gasteiger partial charge in [-0.2, -0.15) is 0 Å². The quantitative estimate of drug-likeness (QED) is 0.798. The van der Waals surface area contributed by atoms with Gasteiger partial charge in [0.1, 0.15) is 0 Å². The summed E-state index contributed by atoms with van der Waals surface area (Å²) in [5.74, 6) is 0.177. The Morgan fingerprint density at radius 3 is 2.72 bits per heavy atom. The number of hydrogen-bond donors (Lipinski definition) is 2. The van der Waals surface area contributed by atoms with Crippen LogP contribution in [0.25, 0.3) is 0 Å². The Balaban J connectivity index is 2.23. The number of benzene rings is 1. The topological polar surface area (TPSA) is 72.3 Å². The van der Waals surface area contributed by atoms with Crippen molar-refractivity contribution in [2.75, 3.05) is 17.2 Å². The first kappa shape index (κ1) is 12.9. The van der Waals surface area contributed by atoms with Crippen molar-refractivity contribution in [2.45, 2.75) is 38.6 Å². The molecular formula is C14H21N3O. The first-order valence-electron chi connectivity index (χ1n) is 6.34. The summed E-state index contributed by atoms with van der Waals surface area (Å²) in [5, 5.41) is 0. The van der Waals surface area contributed by atoms with Crippen LogP contribution < -0.4 is 16.4 Å². The molecule has 4 heteroatoms. The van der Waals surface area contributed by atoms with Gasteiger partial charge in [-0.1, -0.05) is 0 Å². The number of carbonyl (C=O) groups excluding carboxylic acids is 1. The number of rotatable bonds is 3. The molecule has 0 saturated carbocycles. The predicted molar refractivity (Wildman–Crippen MR) is 74.4 cm³/mol. The molecule has 1 aromatic carbocycles. The number of nitrogens with two attached hydrogens (primary N) is 2. The third kappa shape index (κ3) is 2.82. The largest absolute Gasteiger partial charge is 0.399 e. The van der Waals surface area contributed by atoms with Crippen molar-refractivity contribution < 1.29 is 4.79 Å². The first-order chi connectivity index (χ1) is 8.37. The van der Waals surface area contributed by atoms with Crippen molar-refractivity contribution in [3.05, 3.63) is 23.8 Å². The van der Waals surface area contributed by atoms with E-state index in [1.807, 2.05) is 36.9 Å². The van der Waals surface area contributed by atoms with Crippen LogP contribution in [-0.2, 0) is 11.2 Å². The lowest BCUT2D eigenvalue weighted by molar-refractivity contribution is -0.118. The Morgan fingerprint density at radius 2 is 2.06 bits per heavy atom. The second-order valence-electron chi connectivity index (χ2n) is 5.67. The summed E-state index contributed by atoms with van der Waals surface area (Å²) in [5.41, 5.74) is 14.4. The highest BCUT2D eigenvalue weighted by molar-refractivity contribution is 5.96. The molecule has 1 heterocycles. The second kappa shape index (κ2) is 4.61. The molecule has 1 amide bonds. The molecule has 0 aliphatic carbocycles. The van der Waals surface area contributed by atoms with Crippen molar-refractivity contribution >= 4 is 17.3 Å². The number of anilines is 2. The number of hydrogen-bond acceptors (Lipinski definition) is 3. The maximum absolute atomic E-state index is 12.0. The Bertz CT molecular complexity index is 463. The highest BCUT2D eigenvalue weighted by Gasteiger charge is 2.25. The Kier molecular flexibility index (Phi) is 3.30. The average molecular weight is 247 g/mol. The van der Waals surface area contributed by atoms with Crippen molar-refractivity contribution in [3.63, 3.8) is 0 Å². The van der Waals surface area contributed by atoms with Gasteiger partial charge in [-0.05, 0) is 50.5 Å². The van der Waals surface area contributed by atoms with Crippen LogP contribution in [0.4, 0.5) is 11.4 Å². The van der Waals surface area contributed by atoms with Crippen LogP contribution >= 0.6 is 0 Å². The minimum Gasteiger partial charge on any atom is -0.399 e. The molecule has 4 N–H and O–H groups in total. The summed E-state index contributed by atoms with van der Waals surface area (Å²) in [7, 11) is 0. The smallest absolute Gasteiger partial charge is 0.227 e. The fourth-order valence-electron chi connectivity index (χ4n) is 2.23. The minimum atomic E-state index is -0.258. The molecule has 0 atom stereocenters. The minimum absolute atomic E-state index is 0.177. The first-order valence-corrected chi connectivity index (χ1v) is 6.34. The number of amides is 1. The second-order valence-corrected chi connectivity index (χ2v) is 5.67. The number of carbonyl (C=O) groups is 1. The summed E-state index contributed by atoms with van der Waals surface area (Å²) in [6.45, 7) is 4.62. The standard InChI is InChI=1S/C14H21N3O/c1-14(2,16)7-8-17-12-5-4-11(15)9-10(12)3-6-13(17)18/h4-5,9H,3,6-8,15-16H2,1-2H3. The Morgan fingerprint density at radius 1 is 1.33 bits per heavy atom. The summed E-state index contributed by atoms with van der Waals surface area (Å²) in [4.78, 5) is 13.9. The molecule has 0 unspecified atom stereocenters. The summed E-state index contributed by atoms with van der Waals surface area (Å²) in [6.07, 6.45) is 2.12. The van der Waals surface area contributed by atoms with Gasteiger partial charge in [0.05, 0.1) is 0 Å². The van der Waals surface area contributed by atoms with Crippen LogP contribution in [0, 0.1) is 0 Å². The van der Waals surface area contributed by atoms with E-state index in [-0.39, 0.29) is 11.4 Å². The number of fused-ring (bicyclic) bond motifs is 1. The van der Waals surface area contributed by atoms with Crippen LogP contribution in [0.2, 0.25) is 0 Å². The molecule has 1 aliphatic rings. The van der Waals surface area contributed by atoms with E-state index in [0.29, 0.717) is 13.0 Å². The van der Waals surface area contributed by atoms with Crippen molar-refractivity contribution in [1.29, 1.82) is 0 Å². The Hall–Kier alpha value is -1.55. The molecule has 2 rings (SSSR count). The maximum atomic E-state index is 12.0. The highest BCUT2D eigenvalue weighted by atomic mass is 16.2. The molecule has 0 fully saturated rings. The van der Waals surface area contributed by atoms with Gasteiger partial charge in [0, 0.05) is 29.9 Å². The van der Waals surface area contributed by atoms with Gasteiger partial charge < -0.3 is 16.4 Å². The van der Waals surface area contributed by atoms with E-state index in [4.69, 9.17) is 11.5 Å². The van der Waals surface area contributed by atoms with E-state index in [1.54, 1.807) is 0 Å². The molecule has 0 bridgehead atoms. The van der Waals surface area contributed by atoms with Crippen molar-refractivity contribution in [1.82, 2.24) is 0 Å². The fraction of sp³-hybridized carbons (Fsp3) is 0.500. The monoisotopic (exact) mass is 247 g/mol. The molecule has 4 nitrogen and oxygen atoms in total. The predicted octanol–water partition coefficient (Wildman–Crippen LogP) is 1.68. The molecule has 0 aromatic heterocycles. The van der Waals surface area contributed by atoms with Gasteiger partial charge in [-0.15, -0.1) is 0 Å². The van der Waals surface area contributed by atoms with Crippen LogP contribution in [0.3, 0.4) is 0 Å². The van der Waals surface area contributed by atoms with Gasteiger partial charge in [0.15, 0.2) is 0 Å². The molecule has 1 aliphatic heterocycles. The normalized spacial score (nSPS) is 15.7. The molecule has 0 radical (unpaired) electrons. The zero-order chi connectivity index (χ0) is 13.3. The summed E-state index contributed by atoms with van der Waals surface area (Å²) >= 11 is 0. The molecule has 1 aromatic rings. The Labute approximate surface area is 108 Å². The molecule has 18 heavy (non-hydrogen) atoms. The lowest BCUT2D eigenvalue weighted by atomic mass is 9.97. The summed E-state index contributed by atoms with van der Waals surface area (Å²) < 4.78 is 0. The maximum Gasteiger partial charge on any atom is 0.227 e. The van der Waals surface area contributed by atoms with Crippen LogP contribution in [-0.4, -0.2) is 18.0 Å². The van der Waals surface area contributed by atoms with E-state index < -0.39 is 0 Å². The van der Waals surface area contributed by atoms with Gasteiger partial charge in [-0.25, -0.2) is 0 Å². The van der Waals surface area contributed by atoms with E-state index in [2.05, 4.69) is 0 Å². The fourth-order valence-corrected chi connectivity index (χ4v) is 2.23. The van der Waals surface area contributed by atoms with Gasteiger partial charge in [0.25, 0.3) is 0 Å². The lowest BCUT2D eigenvalue weighted by Crippen LogP contribution is -2.41. The van der Waals surface area contributed by atoms with Crippen LogP contribution in [0.15, 0.2) is 18.2 Å². The highest BCUT2D eigenvalue weighted by Crippen LogP contribution is 2.30. The van der Waals surface area contributed by atoms with Gasteiger partial charge in [-0.3, -0.25) is 4.79 Å². The van der Waals surface area contributed by atoms with E-state index in [1.165, 1.54) is 0 Å². The zero-order valence-corrected chi connectivity index (χ0v) is 11.1. The SMILES string of the molecule is CC(C)(N)CCN1C(=O)CCc2cc(N)ccc21. The van der Waals surface area contributed by atoms with Crippen molar-refractivity contribution in [3.8, 4) is 0 Å². The number of aryl methyl sites for hydroxylation is 1. The summed E-state index contributed by atoms with van der Waals surface area (Å²) in [6, 6.07) is 5.74. The van der Waals surface area contributed by atoms with Crippen molar-refractivity contribution in [2.24, 2.45) is 5.73 Å². The molecular weight excluding hydrogens is 226 g/mol. The number of nitrogens with zero attached hydrogens (tertiary/aromatic N) is 1. The third-order valence-corrected chi connectivity index (χ3v) is 3.28. The molecule has 98 valence electrons. The lowest BCUT2D eigenvalue weighted by Gasteiger charge is -2.32. The van der Waals surface area contributed by atoms with E-state index in [0.717, 1.165) is 29.8 Å². The van der Waals surface area contributed by atoms with Crippen LogP contribution in [0.5, 0.6) is 0 Å². The van der Waals surface area contributed by atoms with Gasteiger partial charge in [0.2, 0.25) is 5.91 Å². The average Bonchev–Trinajstić information content (AvgIpc) is 2.26. The zero-order valence-electron chi connectivity index (χ0n) is 11.1. The van der Waals surface area contributed by atoms with E-state index >= 15 is 0 Å². The third-order valence-electron chi connectivity index (χ3n) is 3.28. The molecule has 0 saturated heterocycles. The molecule has 0 spiro atoms.